The predicted molar refractivity (Wildman–Crippen MR) is 121 cm³/mol. The van der Waals surface area contributed by atoms with E-state index in [-0.39, 0.29) is 18.4 Å². The number of hydrogen-bond donors (Lipinski definition) is 2. The van der Waals surface area contributed by atoms with Crippen LogP contribution in [0, 0.1) is 12.8 Å². The Morgan fingerprint density at radius 1 is 1.33 bits per heavy atom. The molecule has 1 amide bonds. The van der Waals surface area contributed by atoms with E-state index in [1.807, 2.05) is 54.4 Å². The minimum absolute atomic E-state index is 0.0508. The van der Waals surface area contributed by atoms with Gasteiger partial charge in [0.05, 0.1) is 10.4 Å². The lowest BCUT2D eigenvalue weighted by molar-refractivity contribution is 0.0620. The Labute approximate surface area is 184 Å². The van der Waals surface area contributed by atoms with Crippen LogP contribution in [0.25, 0.3) is 0 Å². The van der Waals surface area contributed by atoms with Gasteiger partial charge in [0, 0.05) is 36.4 Å². The van der Waals surface area contributed by atoms with Crippen LogP contribution in [0.15, 0.2) is 57.9 Å². The fourth-order valence-corrected chi connectivity index (χ4v) is 5.39. The molecule has 1 fully saturated rings. The molecule has 0 saturated carbocycles. The van der Waals surface area contributed by atoms with Gasteiger partial charge in [-0.3, -0.25) is 4.79 Å². The number of aliphatic hydroxyl groups excluding tert-OH is 1. The Bertz CT molecular complexity index is 1010. The van der Waals surface area contributed by atoms with E-state index < -0.39 is 0 Å². The molecule has 2 N–H and O–H groups in total. The Morgan fingerprint density at radius 3 is 3.03 bits per heavy atom. The van der Waals surface area contributed by atoms with E-state index in [0.29, 0.717) is 6.54 Å². The van der Waals surface area contributed by atoms with Crippen molar-refractivity contribution in [2.24, 2.45) is 5.92 Å². The second-order valence-electron chi connectivity index (χ2n) is 7.35. The number of carbonyl (C=O) groups is 1. The molecule has 1 aromatic carbocycles. The second kappa shape index (κ2) is 9.59. The van der Waals surface area contributed by atoms with E-state index in [1.54, 1.807) is 29.3 Å². The van der Waals surface area contributed by atoms with Crippen molar-refractivity contribution in [1.29, 1.82) is 0 Å². The molecule has 1 aliphatic heterocycles. The van der Waals surface area contributed by atoms with E-state index in [0.717, 1.165) is 50.6 Å². The van der Waals surface area contributed by atoms with Gasteiger partial charge >= 0.3 is 0 Å². The van der Waals surface area contributed by atoms with E-state index in [4.69, 9.17) is 0 Å². The number of anilines is 2. The van der Waals surface area contributed by atoms with Gasteiger partial charge in [0.2, 0.25) is 0 Å². The maximum atomic E-state index is 13.1. The molecule has 0 radical (unpaired) electrons. The number of amides is 1. The van der Waals surface area contributed by atoms with Crippen molar-refractivity contribution >= 4 is 40.0 Å². The number of thiazole rings is 1. The molecule has 3 aromatic rings. The third kappa shape index (κ3) is 5.00. The molecule has 0 spiro atoms. The summed E-state index contributed by atoms with van der Waals surface area (Å²) in [6.45, 7) is 3.49. The number of benzene rings is 1. The first-order valence-corrected chi connectivity index (χ1v) is 11.6. The van der Waals surface area contributed by atoms with Gasteiger partial charge in [0.15, 0.2) is 5.13 Å². The number of piperidine rings is 1. The molecule has 30 heavy (non-hydrogen) atoms. The first-order chi connectivity index (χ1) is 14.6. The molecular formula is C22H24N4O2S2. The lowest BCUT2D eigenvalue weighted by Crippen LogP contribution is -2.41. The minimum Gasteiger partial charge on any atom is -0.396 e. The van der Waals surface area contributed by atoms with Gasteiger partial charge < -0.3 is 15.3 Å². The van der Waals surface area contributed by atoms with E-state index in [2.05, 4.69) is 15.3 Å². The van der Waals surface area contributed by atoms with Crippen LogP contribution >= 0.6 is 23.1 Å². The van der Waals surface area contributed by atoms with Gasteiger partial charge in [0.25, 0.3) is 5.91 Å². The molecule has 156 valence electrons. The largest absolute Gasteiger partial charge is 0.396 e. The SMILES string of the molecule is Cc1ccc(Sc2cnc(Nc3ccccn3)s2)cc1C(=O)N1CCCC(CO)C1. The summed E-state index contributed by atoms with van der Waals surface area (Å²) in [4.78, 5) is 24.7. The molecule has 0 bridgehead atoms. The van der Waals surface area contributed by atoms with Crippen molar-refractivity contribution in [1.82, 2.24) is 14.9 Å². The van der Waals surface area contributed by atoms with Crippen LogP contribution in [0.1, 0.15) is 28.8 Å². The van der Waals surface area contributed by atoms with Crippen LogP contribution in [-0.2, 0) is 0 Å². The monoisotopic (exact) mass is 440 g/mol. The summed E-state index contributed by atoms with van der Waals surface area (Å²) < 4.78 is 1.04. The van der Waals surface area contributed by atoms with Crippen molar-refractivity contribution in [3.8, 4) is 0 Å². The summed E-state index contributed by atoms with van der Waals surface area (Å²) in [5, 5.41) is 13.4. The van der Waals surface area contributed by atoms with Gasteiger partial charge in [0.1, 0.15) is 5.82 Å². The van der Waals surface area contributed by atoms with E-state index in [9.17, 15) is 9.90 Å². The third-order valence-electron chi connectivity index (χ3n) is 5.11. The molecule has 6 nitrogen and oxygen atoms in total. The fraction of sp³-hybridized carbons (Fsp3) is 0.318. The Hall–Kier alpha value is -2.42. The minimum atomic E-state index is 0.0508. The van der Waals surface area contributed by atoms with Gasteiger partial charge in [-0.05, 0) is 55.5 Å². The van der Waals surface area contributed by atoms with Crippen molar-refractivity contribution in [3.63, 3.8) is 0 Å². The first kappa shape index (κ1) is 20.8. The highest BCUT2D eigenvalue weighted by Gasteiger charge is 2.25. The number of pyridine rings is 1. The smallest absolute Gasteiger partial charge is 0.254 e. The molecule has 1 unspecified atom stereocenters. The highest BCUT2D eigenvalue weighted by atomic mass is 32.2. The van der Waals surface area contributed by atoms with Gasteiger partial charge in [-0.15, -0.1) is 0 Å². The molecule has 4 rings (SSSR count). The van der Waals surface area contributed by atoms with Crippen molar-refractivity contribution in [2.75, 3.05) is 25.0 Å². The zero-order valence-corrected chi connectivity index (χ0v) is 18.4. The molecule has 2 aromatic heterocycles. The summed E-state index contributed by atoms with van der Waals surface area (Å²) in [5.74, 6) is 0.993. The number of hydrogen-bond acceptors (Lipinski definition) is 7. The number of nitrogens with one attached hydrogen (secondary N) is 1. The van der Waals surface area contributed by atoms with Crippen LogP contribution in [0.5, 0.6) is 0 Å². The summed E-state index contributed by atoms with van der Waals surface area (Å²) in [5.41, 5.74) is 1.70. The standard InChI is InChI=1S/C22H24N4O2S2/c1-15-7-8-17(11-18(15)21(28)26-10-4-5-16(13-26)14-27)29-20-12-24-22(30-20)25-19-6-2-3-9-23-19/h2-3,6-9,11-12,16,27H,4-5,10,13-14H2,1H3,(H,23,24,25). The van der Waals surface area contributed by atoms with E-state index >= 15 is 0 Å². The summed E-state index contributed by atoms with van der Waals surface area (Å²) in [7, 11) is 0. The molecule has 8 heteroatoms. The van der Waals surface area contributed by atoms with Crippen LogP contribution in [0.2, 0.25) is 0 Å². The Kier molecular flexibility index (Phi) is 6.66. The Morgan fingerprint density at radius 2 is 2.23 bits per heavy atom. The van der Waals surface area contributed by atoms with Gasteiger partial charge in [-0.25, -0.2) is 9.97 Å². The topological polar surface area (TPSA) is 78.4 Å². The quantitative estimate of drug-likeness (QED) is 0.584. The average Bonchev–Trinajstić information content (AvgIpc) is 3.22. The number of nitrogens with zero attached hydrogens (tertiary/aromatic N) is 3. The van der Waals surface area contributed by atoms with Crippen LogP contribution in [0.3, 0.4) is 0 Å². The average molecular weight is 441 g/mol. The third-order valence-corrected chi connectivity index (χ3v) is 7.11. The van der Waals surface area contributed by atoms with E-state index in [1.165, 1.54) is 0 Å². The van der Waals surface area contributed by atoms with Gasteiger partial charge in [-0.2, -0.15) is 0 Å². The lowest BCUT2D eigenvalue weighted by atomic mass is 9.97. The van der Waals surface area contributed by atoms with Gasteiger partial charge in [-0.1, -0.05) is 35.2 Å². The number of aryl methyl sites for hydroxylation is 1. The second-order valence-corrected chi connectivity index (χ2v) is 9.75. The zero-order chi connectivity index (χ0) is 20.9. The fourth-order valence-electron chi connectivity index (χ4n) is 3.49. The summed E-state index contributed by atoms with van der Waals surface area (Å²) in [6.07, 6.45) is 5.49. The maximum Gasteiger partial charge on any atom is 0.254 e. The molecule has 0 aliphatic carbocycles. The number of likely N-dealkylation sites (tertiary alicyclic amines) is 1. The molecular weight excluding hydrogens is 416 g/mol. The molecule has 1 atom stereocenters. The van der Waals surface area contributed by atoms with Crippen LogP contribution < -0.4 is 5.32 Å². The molecule has 1 aliphatic rings. The first-order valence-electron chi connectivity index (χ1n) is 9.95. The van der Waals surface area contributed by atoms with Crippen LogP contribution in [-0.4, -0.2) is 45.6 Å². The number of aromatic nitrogens is 2. The van der Waals surface area contributed by atoms with Crippen molar-refractivity contribution < 1.29 is 9.90 Å². The summed E-state index contributed by atoms with van der Waals surface area (Å²) >= 11 is 3.15. The number of aliphatic hydroxyl groups is 1. The summed E-state index contributed by atoms with van der Waals surface area (Å²) in [6, 6.07) is 11.7. The molecule has 3 heterocycles. The maximum absolute atomic E-state index is 13.1. The lowest BCUT2D eigenvalue weighted by Gasteiger charge is -2.32. The number of rotatable bonds is 6. The highest BCUT2D eigenvalue weighted by Crippen LogP contribution is 2.35. The van der Waals surface area contributed by atoms with Crippen molar-refractivity contribution in [3.05, 3.63) is 59.9 Å². The van der Waals surface area contributed by atoms with Crippen molar-refractivity contribution in [2.45, 2.75) is 28.9 Å². The van der Waals surface area contributed by atoms with Crippen LogP contribution in [0.4, 0.5) is 10.9 Å². The normalized spacial score (nSPS) is 16.5. The molecule has 1 saturated heterocycles. The Balaban J connectivity index is 1.46. The predicted octanol–water partition coefficient (Wildman–Crippen LogP) is 4.59. The highest BCUT2D eigenvalue weighted by molar-refractivity contribution is 8.01. The zero-order valence-electron chi connectivity index (χ0n) is 16.7. The number of carbonyl (C=O) groups excluding carboxylic acids is 1.